The van der Waals surface area contributed by atoms with Gasteiger partial charge in [0.05, 0.1) is 11.0 Å². The van der Waals surface area contributed by atoms with Crippen LogP contribution in [0.4, 0.5) is 5.69 Å². The van der Waals surface area contributed by atoms with Gasteiger partial charge in [-0.1, -0.05) is 0 Å². The first kappa shape index (κ1) is 13.1. The third-order valence-electron chi connectivity index (χ3n) is 1.64. The highest BCUT2D eigenvalue weighted by Crippen LogP contribution is 2.25. The predicted octanol–water partition coefficient (Wildman–Crippen LogP) is 0.767. The van der Waals surface area contributed by atoms with Crippen LogP contribution in [0.2, 0.25) is 0 Å². The molecule has 0 spiro atoms. The van der Waals surface area contributed by atoms with Crippen LogP contribution < -0.4 is 4.74 Å². The highest BCUT2D eigenvalue weighted by atomic mass is 32.2. The smallest absolute Gasteiger partial charge is 0.308 e. The van der Waals surface area contributed by atoms with E-state index in [1.807, 2.05) is 0 Å². The second-order valence-electron chi connectivity index (χ2n) is 2.99. The number of carbonyl (C=O) groups is 1. The molecule has 0 bridgehead atoms. The number of rotatable bonds is 3. The topological polar surface area (TPSA) is 124 Å². The fourth-order valence-corrected chi connectivity index (χ4v) is 1.57. The van der Waals surface area contributed by atoms with Crippen molar-refractivity contribution in [1.29, 1.82) is 0 Å². The van der Waals surface area contributed by atoms with Crippen LogP contribution in [0.1, 0.15) is 6.92 Å². The Morgan fingerprint density at radius 2 is 2.00 bits per heavy atom. The average Bonchev–Trinajstić information content (AvgIpc) is 2.14. The summed E-state index contributed by atoms with van der Waals surface area (Å²) in [6.45, 7) is 1.05. The molecule has 0 fully saturated rings. The van der Waals surface area contributed by atoms with Crippen LogP contribution in [-0.4, -0.2) is 23.9 Å². The van der Waals surface area contributed by atoms with E-state index in [2.05, 4.69) is 4.74 Å². The number of hydrogen-bond donors (Lipinski definition) is 1. The fraction of sp³-hybridized carbons (Fsp3) is 0.125. The van der Waals surface area contributed by atoms with E-state index in [1.165, 1.54) is 0 Å². The highest BCUT2D eigenvalue weighted by Gasteiger charge is 2.18. The summed E-state index contributed by atoms with van der Waals surface area (Å²) in [5.41, 5.74) is -0.614. The summed E-state index contributed by atoms with van der Waals surface area (Å²) in [6, 6.07) is 2.34. The molecule has 0 radical (unpaired) electrons. The molecule has 0 saturated heterocycles. The van der Waals surface area contributed by atoms with Gasteiger partial charge in [-0.2, -0.15) is 8.42 Å². The summed E-state index contributed by atoms with van der Waals surface area (Å²) in [6.07, 6.45) is 0. The monoisotopic (exact) mass is 261 g/mol. The molecule has 0 aliphatic carbocycles. The lowest BCUT2D eigenvalue weighted by molar-refractivity contribution is -0.385. The van der Waals surface area contributed by atoms with E-state index < -0.39 is 31.6 Å². The van der Waals surface area contributed by atoms with E-state index in [4.69, 9.17) is 4.55 Å². The number of nitro groups is 1. The maximum atomic E-state index is 10.8. The SMILES string of the molecule is CC(=O)Oc1cc([N+](=O)[O-])cc(S(=O)(=O)O)c1. The number of non-ortho nitro benzene ring substituents is 1. The van der Waals surface area contributed by atoms with E-state index in [0.29, 0.717) is 6.07 Å². The molecule has 0 aliphatic rings. The summed E-state index contributed by atoms with van der Waals surface area (Å²) in [7, 11) is -4.61. The molecule has 0 saturated carbocycles. The van der Waals surface area contributed by atoms with Gasteiger partial charge >= 0.3 is 5.97 Å². The molecule has 1 rings (SSSR count). The summed E-state index contributed by atoms with van der Waals surface area (Å²) in [4.78, 5) is 19.6. The number of benzene rings is 1. The number of nitro benzene ring substituents is 1. The molecule has 0 heterocycles. The van der Waals surface area contributed by atoms with Gasteiger partial charge in [0, 0.05) is 19.1 Å². The van der Waals surface area contributed by atoms with Gasteiger partial charge in [-0.3, -0.25) is 19.5 Å². The van der Waals surface area contributed by atoms with E-state index in [0.717, 1.165) is 19.1 Å². The molecule has 0 unspecified atom stereocenters. The number of nitrogens with zero attached hydrogens (tertiary/aromatic N) is 1. The number of hydrogen-bond acceptors (Lipinski definition) is 6. The van der Waals surface area contributed by atoms with Crippen molar-refractivity contribution in [2.45, 2.75) is 11.8 Å². The van der Waals surface area contributed by atoms with E-state index in [9.17, 15) is 23.3 Å². The lowest BCUT2D eigenvalue weighted by Crippen LogP contribution is -2.05. The summed E-state index contributed by atoms with van der Waals surface area (Å²) in [5.74, 6) is -1.11. The lowest BCUT2D eigenvalue weighted by Gasteiger charge is -2.03. The molecule has 0 aliphatic heterocycles. The van der Waals surface area contributed by atoms with Crippen molar-refractivity contribution in [3.8, 4) is 5.75 Å². The highest BCUT2D eigenvalue weighted by molar-refractivity contribution is 7.85. The fourth-order valence-electron chi connectivity index (χ4n) is 1.04. The van der Waals surface area contributed by atoms with Crippen molar-refractivity contribution in [1.82, 2.24) is 0 Å². The third kappa shape index (κ3) is 3.50. The molecule has 0 aromatic heterocycles. The van der Waals surface area contributed by atoms with Crippen LogP contribution in [-0.2, 0) is 14.9 Å². The first-order valence-corrected chi connectivity index (χ1v) is 5.59. The van der Waals surface area contributed by atoms with Crippen LogP contribution in [0, 0.1) is 10.1 Å². The molecule has 17 heavy (non-hydrogen) atoms. The van der Waals surface area contributed by atoms with Gasteiger partial charge in [-0.15, -0.1) is 0 Å². The van der Waals surface area contributed by atoms with Gasteiger partial charge in [0.25, 0.3) is 15.8 Å². The third-order valence-corrected chi connectivity index (χ3v) is 2.47. The van der Waals surface area contributed by atoms with Gasteiger partial charge < -0.3 is 4.74 Å². The lowest BCUT2D eigenvalue weighted by atomic mass is 10.3. The molecule has 8 nitrogen and oxygen atoms in total. The zero-order valence-corrected chi connectivity index (χ0v) is 9.30. The van der Waals surface area contributed by atoms with Crippen molar-refractivity contribution >= 4 is 21.8 Å². The second kappa shape index (κ2) is 4.47. The Morgan fingerprint density at radius 1 is 1.41 bits per heavy atom. The van der Waals surface area contributed by atoms with Gasteiger partial charge in [-0.05, 0) is 0 Å². The number of ether oxygens (including phenoxy) is 1. The van der Waals surface area contributed by atoms with Crippen LogP contribution >= 0.6 is 0 Å². The maximum absolute atomic E-state index is 10.8. The van der Waals surface area contributed by atoms with Crippen molar-refractivity contribution in [3.63, 3.8) is 0 Å². The second-order valence-corrected chi connectivity index (χ2v) is 4.41. The Labute approximate surface area is 95.7 Å². The normalized spacial score (nSPS) is 10.9. The predicted molar refractivity (Wildman–Crippen MR) is 54.2 cm³/mol. The van der Waals surface area contributed by atoms with Crippen molar-refractivity contribution in [2.75, 3.05) is 0 Å². The van der Waals surface area contributed by atoms with Crippen molar-refractivity contribution in [3.05, 3.63) is 28.3 Å². The Morgan fingerprint density at radius 3 is 2.41 bits per heavy atom. The van der Waals surface area contributed by atoms with E-state index in [1.54, 1.807) is 0 Å². The quantitative estimate of drug-likeness (QED) is 0.280. The Bertz CT molecular complexity index is 578. The average molecular weight is 261 g/mol. The van der Waals surface area contributed by atoms with Crippen LogP contribution in [0.5, 0.6) is 5.75 Å². The number of esters is 1. The molecular weight excluding hydrogens is 254 g/mol. The maximum Gasteiger partial charge on any atom is 0.308 e. The standard InChI is InChI=1S/C8H7NO7S/c1-5(10)16-7-2-6(9(11)12)3-8(4-7)17(13,14)15/h2-4H,1H3,(H,13,14,15). The Hall–Kier alpha value is -2.00. The van der Waals surface area contributed by atoms with E-state index in [-0.39, 0.29) is 5.75 Å². The Kier molecular flexibility index (Phi) is 3.44. The summed E-state index contributed by atoms with van der Waals surface area (Å²) < 4.78 is 35.0. The number of carbonyl (C=O) groups excluding carboxylic acids is 1. The van der Waals surface area contributed by atoms with Gasteiger partial charge in [0.2, 0.25) is 0 Å². The largest absolute Gasteiger partial charge is 0.426 e. The first-order chi connectivity index (χ1) is 7.70. The molecule has 9 heteroatoms. The summed E-state index contributed by atoms with van der Waals surface area (Å²) in [5, 5.41) is 10.5. The minimum Gasteiger partial charge on any atom is -0.426 e. The zero-order chi connectivity index (χ0) is 13.2. The molecule has 92 valence electrons. The van der Waals surface area contributed by atoms with Crippen LogP contribution in [0.15, 0.2) is 23.1 Å². The minimum absolute atomic E-state index is 0.334. The minimum atomic E-state index is -4.61. The zero-order valence-electron chi connectivity index (χ0n) is 8.48. The van der Waals surface area contributed by atoms with Gasteiger partial charge in [0.1, 0.15) is 10.6 Å². The van der Waals surface area contributed by atoms with Crippen molar-refractivity contribution < 1.29 is 27.4 Å². The molecule has 0 atom stereocenters. The molecule has 0 amide bonds. The molecule has 1 N–H and O–H groups in total. The summed E-state index contributed by atoms with van der Waals surface area (Å²) >= 11 is 0. The van der Waals surface area contributed by atoms with Gasteiger partial charge in [0.15, 0.2) is 0 Å². The molecule has 1 aromatic rings. The van der Waals surface area contributed by atoms with Crippen LogP contribution in [0.25, 0.3) is 0 Å². The first-order valence-electron chi connectivity index (χ1n) is 4.15. The molecule has 1 aromatic carbocycles. The van der Waals surface area contributed by atoms with E-state index >= 15 is 0 Å². The van der Waals surface area contributed by atoms with Crippen molar-refractivity contribution in [2.24, 2.45) is 0 Å². The van der Waals surface area contributed by atoms with Gasteiger partial charge in [-0.25, -0.2) is 0 Å². The Balaban J connectivity index is 3.39. The van der Waals surface area contributed by atoms with Crippen LogP contribution in [0.3, 0.4) is 0 Å². The molecular formula is C8H7NO7S.